The van der Waals surface area contributed by atoms with Gasteiger partial charge in [-0.25, -0.2) is 9.78 Å². The van der Waals surface area contributed by atoms with E-state index in [2.05, 4.69) is 26.1 Å². The van der Waals surface area contributed by atoms with Crippen LogP contribution in [0.1, 0.15) is 104 Å². The van der Waals surface area contributed by atoms with E-state index >= 15 is 0 Å². The highest BCUT2D eigenvalue weighted by molar-refractivity contribution is 7.09. The van der Waals surface area contributed by atoms with Gasteiger partial charge in [0.25, 0.3) is 11.7 Å². The molecule has 27 nitrogen and oxygen atoms in total. The number of hydrogen-bond donors (Lipinski definition) is 9. The maximum absolute atomic E-state index is 14.8. The number of aliphatic hydroxyl groups excluding tert-OH is 5. The van der Waals surface area contributed by atoms with Gasteiger partial charge in [-0.3, -0.25) is 28.8 Å². The number of ether oxygens (including phenoxy) is 5. The summed E-state index contributed by atoms with van der Waals surface area (Å²) < 4.78 is 28.5. The molecule has 18 atom stereocenters. The molecule has 18 unspecified atom stereocenters. The Morgan fingerprint density at radius 3 is 2.19 bits per heavy atom. The van der Waals surface area contributed by atoms with Gasteiger partial charge in [0.15, 0.2) is 12.9 Å². The molecule has 0 aliphatic carbocycles. The van der Waals surface area contributed by atoms with Crippen molar-refractivity contribution in [1.82, 2.24) is 35.6 Å². The first-order chi connectivity index (χ1) is 40.6. The van der Waals surface area contributed by atoms with Gasteiger partial charge in [0.05, 0.1) is 67.6 Å². The maximum atomic E-state index is 14.8. The summed E-state index contributed by atoms with van der Waals surface area (Å²) in [6, 6.07) is 4.72. The highest BCUT2D eigenvalue weighted by Crippen LogP contribution is 2.34. The van der Waals surface area contributed by atoms with Gasteiger partial charge >= 0.3 is 5.97 Å². The van der Waals surface area contributed by atoms with Crippen molar-refractivity contribution in [3.05, 3.63) is 52.5 Å². The lowest BCUT2D eigenvalue weighted by atomic mass is 9.89. The second-order valence-corrected chi connectivity index (χ2v) is 24.1. The molecule has 5 rings (SSSR count). The van der Waals surface area contributed by atoms with Crippen LogP contribution in [-0.2, 0) is 68.5 Å². The van der Waals surface area contributed by atoms with Crippen LogP contribution in [0.5, 0.6) is 0 Å². The predicted octanol–water partition coefficient (Wildman–Crippen LogP) is 0.342. The molecule has 2 aromatic rings. The molecule has 0 spiro atoms. The van der Waals surface area contributed by atoms with E-state index in [1.807, 2.05) is 49.6 Å². The number of carbonyl (C=O) groups excluding carboxylic acids is 6. The number of thiazole rings is 1. The number of aliphatic carboxylic acids is 1. The Kier molecular flexibility index (Phi) is 26.8. The molecular formula is C58H90N8O19S. The molecule has 28 heteroatoms. The van der Waals surface area contributed by atoms with Gasteiger partial charge < -0.3 is 89.8 Å². The van der Waals surface area contributed by atoms with Crippen LogP contribution in [0.25, 0.3) is 0 Å². The lowest BCUT2D eigenvalue weighted by Gasteiger charge is -2.44. The maximum Gasteiger partial charge on any atom is 0.364 e. The minimum absolute atomic E-state index is 0.107. The third-order valence-corrected chi connectivity index (χ3v) is 17.3. The monoisotopic (exact) mass is 1230 g/mol. The SMILES string of the molecule is CCC(C)C(C(CC(=O)N1CCCC1C(OC)C(C)C(=O)NC(Cc1ccccc1)c1nccs1)OC)N(C)C(=O)C(NC(=O)C(C(C)C)N(C)C(=O)CO/N=C/C1OC(OCC2OC(O)C(O)C(O)C2O)(C(=O)O)CC(O)C1NC(C)=O)C(C)C. The number of aromatic nitrogens is 1. The van der Waals surface area contributed by atoms with E-state index in [-0.39, 0.29) is 30.2 Å². The first-order valence-corrected chi connectivity index (χ1v) is 30.0. The molecule has 3 aliphatic heterocycles. The van der Waals surface area contributed by atoms with E-state index in [0.29, 0.717) is 32.2 Å². The van der Waals surface area contributed by atoms with E-state index in [9.17, 15) is 64.2 Å². The molecule has 86 heavy (non-hydrogen) atoms. The van der Waals surface area contributed by atoms with Crippen LogP contribution in [0.15, 0.2) is 47.1 Å². The molecule has 0 radical (unpaired) electrons. The quantitative estimate of drug-likeness (QED) is 0.0376. The Morgan fingerprint density at radius 2 is 1.60 bits per heavy atom. The zero-order chi connectivity index (χ0) is 63.9. The van der Waals surface area contributed by atoms with Crippen LogP contribution < -0.4 is 16.0 Å². The molecule has 1 aromatic carbocycles. The van der Waals surface area contributed by atoms with Crippen molar-refractivity contribution in [2.75, 3.05) is 48.1 Å². The first-order valence-electron chi connectivity index (χ1n) is 29.1. The highest BCUT2D eigenvalue weighted by atomic mass is 32.1. The topological polar surface area (TPSA) is 367 Å². The van der Waals surface area contributed by atoms with Crippen LogP contribution in [0.4, 0.5) is 0 Å². The molecule has 0 bridgehead atoms. The third kappa shape index (κ3) is 17.7. The van der Waals surface area contributed by atoms with Crippen LogP contribution >= 0.6 is 11.3 Å². The number of carboxylic acid groups (broad SMARTS) is 1. The molecule has 482 valence electrons. The summed E-state index contributed by atoms with van der Waals surface area (Å²) in [5.74, 6) is -9.35. The summed E-state index contributed by atoms with van der Waals surface area (Å²) in [6.45, 7) is 12.5. The Bertz CT molecular complexity index is 2570. The molecule has 3 fully saturated rings. The van der Waals surface area contributed by atoms with Gasteiger partial charge in [-0.2, -0.15) is 0 Å². The Hall–Kier alpha value is -5.79. The predicted molar refractivity (Wildman–Crippen MR) is 310 cm³/mol. The second kappa shape index (κ2) is 32.4. The number of carboxylic acids is 1. The number of nitrogens with one attached hydrogen (secondary N) is 3. The van der Waals surface area contributed by atoms with Crippen LogP contribution in [0.2, 0.25) is 0 Å². The van der Waals surface area contributed by atoms with Crippen LogP contribution in [0, 0.1) is 23.7 Å². The average molecular weight is 1240 g/mol. The van der Waals surface area contributed by atoms with Gasteiger partial charge in [0.1, 0.15) is 47.6 Å². The highest BCUT2D eigenvalue weighted by Gasteiger charge is 2.55. The lowest BCUT2D eigenvalue weighted by molar-refractivity contribution is -0.320. The number of oxime groups is 1. The van der Waals surface area contributed by atoms with Crippen molar-refractivity contribution < 1.29 is 92.7 Å². The summed E-state index contributed by atoms with van der Waals surface area (Å²) in [6.07, 6.45) is -9.85. The molecular weight excluding hydrogens is 1140 g/mol. The fourth-order valence-electron chi connectivity index (χ4n) is 11.5. The molecule has 6 amide bonds. The van der Waals surface area contributed by atoms with Gasteiger partial charge in [-0.05, 0) is 42.6 Å². The second-order valence-electron chi connectivity index (χ2n) is 23.1. The number of likely N-dealkylation sites (tertiary alicyclic amines) is 1. The van der Waals surface area contributed by atoms with E-state index < -0.39 is 158 Å². The van der Waals surface area contributed by atoms with Crippen molar-refractivity contribution >= 4 is 59.0 Å². The summed E-state index contributed by atoms with van der Waals surface area (Å²) in [5.41, 5.74) is 1.04. The van der Waals surface area contributed by atoms with E-state index in [1.54, 1.807) is 52.8 Å². The van der Waals surface area contributed by atoms with Crippen molar-refractivity contribution in [3.63, 3.8) is 0 Å². The smallest absolute Gasteiger partial charge is 0.364 e. The number of carbonyl (C=O) groups is 7. The number of rotatable bonds is 30. The number of nitrogens with zero attached hydrogens (tertiary/aromatic N) is 5. The molecule has 1 aromatic heterocycles. The number of methoxy groups -OCH3 is 2. The van der Waals surface area contributed by atoms with E-state index in [4.69, 9.17) is 28.5 Å². The number of amides is 6. The Morgan fingerprint density at radius 1 is 0.919 bits per heavy atom. The standard InChI is InChI=1S/C58H90N8O19S/c1-13-32(6)47(39(80-11)25-42(69)66-22-17-20-37(66)51(81-12)33(7)52(74)62-36(54-59-21-23-86-54)24-35-18-15-14-16-19-35)65(10)55(76)44(30(2)3)63-53(75)46(31(4)5)64(9)43(70)29-83-60-27-40-45(61-34(8)67)38(68)26-58(85-40,57(78)79)82-28-41-48(71)49(72)50(73)56(77)84-41/h14-16,18-19,21,23,27,30-33,36-41,44-51,56,68,71-73,77H,13,17,20,22,24-26,28-29H2,1-12H3,(H,61,67)(H,62,74)(H,63,75)(H,78,79)/b60-27+. The van der Waals surface area contributed by atoms with Gasteiger partial charge in [0, 0.05) is 59.8 Å². The largest absolute Gasteiger partial charge is 0.477 e. The van der Waals surface area contributed by atoms with Gasteiger partial charge in [-0.1, -0.05) is 90.4 Å². The summed E-state index contributed by atoms with van der Waals surface area (Å²) >= 11 is 1.46. The Labute approximate surface area is 506 Å². The summed E-state index contributed by atoms with van der Waals surface area (Å²) in [5, 5.41) is 76.7. The minimum atomic E-state index is -2.70. The number of hydrogen-bond acceptors (Lipinski definition) is 21. The van der Waals surface area contributed by atoms with Crippen LogP contribution in [0.3, 0.4) is 0 Å². The van der Waals surface area contributed by atoms with Crippen molar-refractivity contribution in [1.29, 1.82) is 0 Å². The van der Waals surface area contributed by atoms with Crippen molar-refractivity contribution in [2.24, 2.45) is 28.8 Å². The zero-order valence-electron chi connectivity index (χ0n) is 51.1. The summed E-state index contributed by atoms with van der Waals surface area (Å²) in [4.78, 5) is 111. The zero-order valence-corrected chi connectivity index (χ0v) is 51.9. The molecule has 4 heterocycles. The van der Waals surface area contributed by atoms with Crippen molar-refractivity contribution in [2.45, 2.75) is 191 Å². The molecule has 3 saturated heterocycles. The fraction of sp³-hybridized carbons (Fsp3) is 0.707. The Balaban J connectivity index is 1.24. The van der Waals surface area contributed by atoms with Crippen molar-refractivity contribution in [3.8, 4) is 0 Å². The first kappa shape index (κ1) is 71.0. The minimum Gasteiger partial charge on any atom is -0.477 e. The molecule has 9 N–H and O–H groups in total. The molecule has 3 aliphatic rings. The van der Waals surface area contributed by atoms with Crippen LogP contribution in [-0.4, -0.2) is 237 Å². The fourth-order valence-corrected chi connectivity index (χ4v) is 12.2. The molecule has 0 saturated carbocycles. The number of aliphatic hydroxyl groups is 5. The van der Waals surface area contributed by atoms with Gasteiger partial charge in [0.2, 0.25) is 29.5 Å². The summed E-state index contributed by atoms with van der Waals surface area (Å²) in [7, 11) is 5.99. The number of benzene rings is 1. The van der Waals surface area contributed by atoms with E-state index in [1.165, 1.54) is 37.5 Å². The lowest BCUT2D eigenvalue weighted by Crippen LogP contribution is -2.65. The normalized spacial score (nSPS) is 27.1. The number of likely N-dealkylation sites (N-methyl/N-ethyl adjacent to an activating group) is 2. The average Bonchev–Trinajstić information content (AvgIpc) is 1.43. The van der Waals surface area contributed by atoms with Gasteiger partial charge in [-0.15, -0.1) is 11.3 Å². The third-order valence-electron chi connectivity index (χ3n) is 16.5. The van der Waals surface area contributed by atoms with E-state index in [0.717, 1.165) is 28.6 Å².